The smallest absolute Gasteiger partial charge is 0.255 e. The number of carbonyl (C=O) groups excluding carboxylic acids is 1. The maximum atomic E-state index is 13.2. The lowest BCUT2D eigenvalue weighted by atomic mass is 10.0. The largest absolute Gasteiger partial charge is 0.378 e. The minimum absolute atomic E-state index is 0.0292. The Morgan fingerprint density at radius 1 is 1.29 bits per heavy atom. The third-order valence-electron chi connectivity index (χ3n) is 6.11. The highest BCUT2D eigenvalue weighted by Gasteiger charge is 2.36. The number of amides is 1. The van der Waals surface area contributed by atoms with Gasteiger partial charge in [-0.1, -0.05) is 23.7 Å². The zero-order valence-corrected chi connectivity index (χ0v) is 18.8. The molecule has 1 aromatic heterocycles. The molecule has 1 N–H and O–H groups in total. The Labute approximate surface area is 187 Å². The fourth-order valence-electron chi connectivity index (χ4n) is 4.17. The summed E-state index contributed by atoms with van der Waals surface area (Å²) in [7, 11) is 0. The molecule has 1 atom stereocenters. The first-order valence-electron chi connectivity index (χ1n) is 10.9. The molecular formula is C23H29ClN4O3. The third kappa shape index (κ3) is 5.10. The van der Waals surface area contributed by atoms with Gasteiger partial charge in [-0.15, -0.1) is 0 Å². The van der Waals surface area contributed by atoms with Crippen LogP contribution in [0.3, 0.4) is 0 Å². The zero-order chi connectivity index (χ0) is 22.0. The number of morpholine rings is 1. The third-order valence-corrected chi connectivity index (χ3v) is 6.36. The second-order valence-corrected chi connectivity index (χ2v) is 8.75. The Morgan fingerprint density at radius 3 is 2.58 bits per heavy atom. The Bertz CT molecular complexity index is 981. The van der Waals surface area contributed by atoms with E-state index >= 15 is 0 Å². The van der Waals surface area contributed by atoms with E-state index in [4.69, 9.17) is 16.3 Å². The number of nitrogens with zero attached hydrogens (tertiary/aromatic N) is 3. The topological polar surface area (TPSA) is 78.5 Å². The lowest BCUT2D eigenvalue weighted by molar-refractivity contribution is -0.134. The maximum absolute atomic E-state index is 13.2. The molecule has 4 rings (SSSR count). The molecule has 1 amide bonds. The van der Waals surface area contributed by atoms with Crippen molar-refractivity contribution in [1.82, 2.24) is 14.9 Å². The summed E-state index contributed by atoms with van der Waals surface area (Å²) >= 11 is 6.01. The van der Waals surface area contributed by atoms with E-state index in [9.17, 15) is 9.59 Å². The second-order valence-electron chi connectivity index (χ2n) is 8.31. The molecule has 166 valence electrons. The summed E-state index contributed by atoms with van der Waals surface area (Å²) in [6.45, 7) is 6.56. The number of rotatable bonds is 7. The highest BCUT2D eigenvalue weighted by molar-refractivity contribution is 6.30. The van der Waals surface area contributed by atoms with Crippen molar-refractivity contribution in [3.8, 4) is 0 Å². The summed E-state index contributed by atoms with van der Waals surface area (Å²) in [6.07, 6.45) is 2.72. The molecule has 0 spiro atoms. The van der Waals surface area contributed by atoms with Crippen LogP contribution in [0.4, 0.5) is 5.95 Å². The number of aryl methyl sites for hydroxylation is 1. The van der Waals surface area contributed by atoms with E-state index in [0.717, 1.165) is 18.4 Å². The number of nitrogens with one attached hydrogen (secondary N) is 1. The number of H-pyrrole nitrogens is 1. The fourth-order valence-corrected chi connectivity index (χ4v) is 4.29. The van der Waals surface area contributed by atoms with E-state index in [2.05, 4.69) is 16.9 Å². The Kier molecular flexibility index (Phi) is 6.62. The van der Waals surface area contributed by atoms with E-state index in [1.165, 1.54) is 0 Å². The molecular weight excluding hydrogens is 416 g/mol. The van der Waals surface area contributed by atoms with E-state index in [-0.39, 0.29) is 30.0 Å². The number of carbonyl (C=O) groups is 1. The number of hydrogen-bond donors (Lipinski definition) is 1. The van der Waals surface area contributed by atoms with E-state index in [0.29, 0.717) is 55.0 Å². The number of benzene rings is 1. The number of hydrogen-bond acceptors (Lipinski definition) is 5. The van der Waals surface area contributed by atoms with Gasteiger partial charge >= 0.3 is 0 Å². The van der Waals surface area contributed by atoms with Crippen LogP contribution < -0.4 is 10.5 Å². The van der Waals surface area contributed by atoms with Crippen molar-refractivity contribution < 1.29 is 9.53 Å². The first-order valence-corrected chi connectivity index (χ1v) is 11.3. The van der Waals surface area contributed by atoms with Crippen LogP contribution in [-0.2, 0) is 16.0 Å². The second kappa shape index (κ2) is 9.40. The molecule has 1 aliphatic heterocycles. The molecule has 8 heteroatoms. The number of aromatic nitrogens is 2. The van der Waals surface area contributed by atoms with Gasteiger partial charge in [-0.3, -0.25) is 14.6 Å². The Balaban J connectivity index is 1.45. The lowest BCUT2D eigenvalue weighted by Crippen LogP contribution is -2.39. The van der Waals surface area contributed by atoms with Crippen molar-refractivity contribution in [3.05, 3.63) is 56.5 Å². The van der Waals surface area contributed by atoms with Gasteiger partial charge < -0.3 is 14.5 Å². The van der Waals surface area contributed by atoms with Crippen LogP contribution in [0, 0.1) is 6.92 Å². The molecule has 1 saturated carbocycles. The average Bonchev–Trinajstić information content (AvgIpc) is 3.59. The minimum atomic E-state index is -0.162. The maximum Gasteiger partial charge on any atom is 0.255 e. The molecule has 2 aromatic rings. The summed E-state index contributed by atoms with van der Waals surface area (Å²) in [5.74, 6) is 0.651. The van der Waals surface area contributed by atoms with Gasteiger partial charge in [0.2, 0.25) is 11.9 Å². The molecule has 2 heterocycles. The molecule has 31 heavy (non-hydrogen) atoms. The molecule has 0 radical (unpaired) electrons. The van der Waals surface area contributed by atoms with Gasteiger partial charge in [0.1, 0.15) is 0 Å². The van der Waals surface area contributed by atoms with E-state index in [1.807, 2.05) is 41.0 Å². The lowest BCUT2D eigenvalue weighted by Gasteiger charge is -2.30. The van der Waals surface area contributed by atoms with Crippen molar-refractivity contribution in [1.29, 1.82) is 0 Å². The van der Waals surface area contributed by atoms with Gasteiger partial charge in [-0.25, -0.2) is 4.98 Å². The Morgan fingerprint density at radius 2 is 1.97 bits per heavy atom. The number of halogens is 1. The van der Waals surface area contributed by atoms with Crippen LogP contribution in [0.2, 0.25) is 5.02 Å². The zero-order valence-electron chi connectivity index (χ0n) is 18.1. The Hall–Kier alpha value is -2.38. The monoisotopic (exact) mass is 444 g/mol. The first-order chi connectivity index (χ1) is 14.9. The standard InChI is InChI=1S/C23H29ClN4O3/c1-15-20(22(30)26-23(25-15)27-11-13-31-14-12-27)9-10-21(29)28(19-7-8-19)16(2)17-3-5-18(24)6-4-17/h3-6,16,19H,7-14H2,1-2H3,(H,25,26,30). The van der Waals surface area contributed by atoms with Crippen LogP contribution in [-0.4, -0.2) is 53.1 Å². The van der Waals surface area contributed by atoms with Gasteiger partial charge in [-0.05, 0) is 50.8 Å². The molecule has 7 nitrogen and oxygen atoms in total. The van der Waals surface area contributed by atoms with Crippen molar-refractivity contribution >= 4 is 23.5 Å². The van der Waals surface area contributed by atoms with Crippen LogP contribution in [0.15, 0.2) is 29.1 Å². The summed E-state index contributed by atoms with van der Waals surface area (Å²) < 4.78 is 5.36. The highest BCUT2D eigenvalue weighted by atomic mass is 35.5. The number of anilines is 1. The highest BCUT2D eigenvalue weighted by Crippen LogP contribution is 2.35. The summed E-state index contributed by atoms with van der Waals surface area (Å²) in [5, 5.41) is 0.683. The molecule has 1 aliphatic carbocycles. The van der Waals surface area contributed by atoms with Crippen molar-refractivity contribution in [2.75, 3.05) is 31.2 Å². The van der Waals surface area contributed by atoms with Gasteiger partial charge in [0.15, 0.2) is 0 Å². The number of aromatic amines is 1. The minimum Gasteiger partial charge on any atom is -0.378 e. The summed E-state index contributed by atoms with van der Waals surface area (Å²) in [6, 6.07) is 7.90. The average molecular weight is 445 g/mol. The van der Waals surface area contributed by atoms with Gasteiger partial charge in [0, 0.05) is 41.8 Å². The van der Waals surface area contributed by atoms with Gasteiger partial charge in [-0.2, -0.15) is 0 Å². The molecule has 1 aromatic carbocycles. The van der Waals surface area contributed by atoms with Crippen molar-refractivity contribution in [2.45, 2.75) is 51.6 Å². The SMILES string of the molecule is Cc1nc(N2CCOCC2)[nH]c(=O)c1CCC(=O)N(C1CC1)C(C)c1ccc(Cl)cc1. The predicted molar refractivity (Wildman–Crippen MR) is 121 cm³/mol. The van der Waals surface area contributed by atoms with Crippen molar-refractivity contribution in [3.63, 3.8) is 0 Å². The molecule has 2 fully saturated rings. The van der Waals surface area contributed by atoms with Crippen LogP contribution in [0.5, 0.6) is 0 Å². The normalized spacial score (nSPS) is 17.5. The van der Waals surface area contributed by atoms with E-state index in [1.54, 1.807) is 0 Å². The predicted octanol–water partition coefficient (Wildman–Crippen LogP) is 3.25. The van der Waals surface area contributed by atoms with Gasteiger partial charge in [0.05, 0.1) is 19.3 Å². The first kappa shape index (κ1) is 21.8. The summed E-state index contributed by atoms with van der Waals surface area (Å²) in [5.41, 5.74) is 2.17. The molecule has 1 unspecified atom stereocenters. The summed E-state index contributed by atoms with van der Waals surface area (Å²) in [4.78, 5) is 37.4. The van der Waals surface area contributed by atoms with E-state index < -0.39 is 0 Å². The molecule has 2 aliphatic rings. The fraction of sp³-hybridized carbons (Fsp3) is 0.522. The number of ether oxygens (including phenoxy) is 1. The van der Waals surface area contributed by atoms with Gasteiger partial charge in [0.25, 0.3) is 5.56 Å². The van der Waals surface area contributed by atoms with Crippen LogP contribution in [0.25, 0.3) is 0 Å². The van der Waals surface area contributed by atoms with Crippen LogP contribution in [0.1, 0.15) is 49.0 Å². The van der Waals surface area contributed by atoms with Crippen molar-refractivity contribution in [2.24, 2.45) is 0 Å². The molecule has 1 saturated heterocycles. The molecule has 0 bridgehead atoms. The van der Waals surface area contributed by atoms with Crippen LogP contribution >= 0.6 is 11.6 Å². The quantitative estimate of drug-likeness (QED) is 0.709.